The number of aromatic nitrogens is 2. The molecule has 0 aromatic carbocycles. The van der Waals surface area contributed by atoms with Crippen LogP contribution in [-0.4, -0.2) is 29.7 Å². The number of fused-ring (bicyclic) bond motifs is 1. The smallest absolute Gasteiger partial charge is 0.220 e. The van der Waals surface area contributed by atoms with Gasteiger partial charge < -0.3 is 10.1 Å². The Bertz CT molecular complexity index is 424. The Labute approximate surface area is 109 Å². The molecule has 0 saturated heterocycles. The molecule has 0 aliphatic carbocycles. The Kier molecular flexibility index (Phi) is 3.85. The lowest BCUT2D eigenvalue weighted by atomic mass is 9.95. The molecule has 18 heavy (non-hydrogen) atoms. The highest BCUT2D eigenvalue weighted by molar-refractivity contribution is 5.33. The molecule has 1 aliphatic rings. The van der Waals surface area contributed by atoms with E-state index in [9.17, 15) is 0 Å². The number of hydrogen-bond donors (Lipinski definition) is 1. The molecule has 0 saturated carbocycles. The van der Waals surface area contributed by atoms with Crippen molar-refractivity contribution in [2.45, 2.75) is 46.0 Å². The van der Waals surface area contributed by atoms with Crippen molar-refractivity contribution in [2.75, 3.05) is 19.7 Å². The Balaban J connectivity index is 2.48. The molecule has 0 bridgehead atoms. The fraction of sp³-hybridized carbons (Fsp3) is 0.714. The molecule has 1 N–H and O–H groups in total. The molecule has 0 unspecified atom stereocenters. The minimum Gasteiger partial charge on any atom is -0.478 e. The molecule has 100 valence electrons. The molecule has 0 atom stereocenters. The van der Waals surface area contributed by atoms with Gasteiger partial charge in [-0.3, -0.25) is 0 Å². The Morgan fingerprint density at radius 1 is 1.17 bits per heavy atom. The lowest BCUT2D eigenvalue weighted by molar-refractivity contribution is 0.317. The van der Waals surface area contributed by atoms with Gasteiger partial charge in [0, 0.05) is 23.9 Å². The molecular weight excluding hydrogens is 226 g/mol. The number of hydrogen-bond acceptors (Lipinski definition) is 4. The molecule has 2 heterocycles. The second kappa shape index (κ2) is 5.22. The van der Waals surface area contributed by atoms with E-state index in [4.69, 9.17) is 9.72 Å². The van der Waals surface area contributed by atoms with E-state index in [0.29, 0.717) is 6.61 Å². The largest absolute Gasteiger partial charge is 0.478 e. The molecule has 0 amide bonds. The second-order valence-electron chi connectivity index (χ2n) is 5.71. The van der Waals surface area contributed by atoms with Crippen LogP contribution in [0.25, 0.3) is 0 Å². The minimum absolute atomic E-state index is 0.0411. The van der Waals surface area contributed by atoms with Gasteiger partial charge in [-0.1, -0.05) is 20.8 Å². The van der Waals surface area contributed by atoms with Gasteiger partial charge in [-0.25, -0.2) is 4.98 Å². The van der Waals surface area contributed by atoms with Crippen LogP contribution in [0.3, 0.4) is 0 Å². The van der Waals surface area contributed by atoms with Crippen molar-refractivity contribution in [2.24, 2.45) is 0 Å². The van der Waals surface area contributed by atoms with Crippen LogP contribution in [0.2, 0.25) is 0 Å². The summed E-state index contributed by atoms with van der Waals surface area (Å²) >= 11 is 0. The van der Waals surface area contributed by atoms with Gasteiger partial charge in [0.15, 0.2) is 0 Å². The highest BCUT2D eigenvalue weighted by Crippen LogP contribution is 2.26. The van der Waals surface area contributed by atoms with Gasteiger partial charge in [0.05, 0.1) is 12.3 Å². The summed E-state index contributed by atoms with van der Waals surface area (Å²) in [5.74, 6) is 1.67. The van der Waals surface area contributed by atoms with Crippen molar-refractivity contribution in [3.05, 3.63) is 17.1 Å². The quantitative estimate of drug-likeness (QED) is 0.869. The fourth-order valence-corrected chi connectivity index (χ4v) is 2.10. The normalized spacial score (nSPS) is 16.0. The molecule has 1 aliphatic heterocycles. The van der Waals surface area contributed by atoms with E-state index in [-0.39, 0.29) is 5.41 Å². The first-order valence-electron chi connectivity index (χ1n) is 6.76. The van der Waals surface area contributed by atoms with Crippen molar-refractivity contribution in [1.82, 2.24) is 15.3 Å². The zero-order chi connectivity index (χ0) is 13.2. The molecule has 0 fully saturated rings. The van der Waals surface area contributed by atoms with Gasteiger partial charge in [-0.2, -0.15) is 4.98 Å². The number of rotatable bonds is 2. The summed E-state index contributed by atoms with van der Waals surface area (Å²) in [7, 11) is 0. The lowest BCUT2D eigenvalue weighted by Crippen LogP contribution is -2.19. The van der Waals surface area contributed by atoms with Gasteiger partial charge in [0.1, 0.15) is 5.82 Å². The maximum Gasteiger partial charge on any atom is 0.220 e. The van der Waals surface area contributed by atoms with E-state index in [2.05, 4.69) is 31.1 Å². The summed E-state index contributed by atoms with van der Waals surface area (Å²) in [4.78, 5) is 9.38. The first kappa shape index (κ1) is 13.3. The zero-order valence-electron chi connectivity index (χ0n) is 11.8. The first-order chi connectivity index (χ1) is 8.52. The zero-order valence-corrected chi connectivity index (χ0v) is 11.8. The topological polar surface area (TPSA) is 47.0 Å². The van der Waals surface area contributed by atoms with E-state index < -0.39 is 0 Å². The SMILES string of the molecule is CCOc1nc(C(C)(C)C)nc2c1CCNCC2. The van der Waals surface area contributed by atoms with Crippen molar-refractivity contribution in [3.63, 3.8) is 0 Å². The van der Waals surface area contributed by atoms with Crippen LogP contribution in [0.4, 0.5) is 0 Å². The lowest BCUT2D eigenvalue weighted by Gasteiger charge is -2.20. The third kappa shape index (κ3) is 2.80. The molecule has 0 radical (unpaired) electrons. The molecule has 0 spiro atoms. The molecule has 1 aromatic heterocycles. The van der Waals surface area contributed by atoms with E-state index in [1.54, 1.807) is 0 Å². The highest BCUT2D eigenvalue weighted by Gasteiger charge is 2.23. The van der Waals surface area contributed by atoms with Crippen LogP contribution >= 0.6 is 0 Å². The van der Waals surface area contributed by atoms with Gasteiger partial charge in [-0.05, 0) is 19.9 Å². The summed E-state index contributed by atoms with van der Waals surface area (Å²) in [5, 5.41) is 3.40. The van der Waals surface area contributed by atoms with Gasteiger partial charge in [0.2, 0.25) is 5.88 Å². The van der Waals surface area contributed by atoms with Crippen LogP contribution in [-0.2, 0) is 18.3 Å². The van der Waals surface area contributed by atoms with E-state index >= 15 is 0 Å². The first-order valence-corrected chi connectivity index (χ1v) is 6.76. The Morgan fingerprint density at radius 2 is 1.89 bits per heavy atom. The molecular formula is C14H23N3O. The molecule has 2 rings (SSSR count). The third-order valence-corrected chi connectivity index (χ3v) is 3.10. The number of nitrogens with zero attached hydrogens (tertiary/aromatic N) is 2. The maximum absolute atomic E-state index is 5.72. The van der Waals surface area contributed by atoms with Gasteiger partial charge >= 0.3 is 0 Å². The van der Waals surface area contributed by atoms with Crippen LogP contribution in [0, 0.1) is 0 Å². The monoisotopic (exact) mass is 249 g/mol. The standard InChI is InChI=1S/C14H23N3O/c1-5-18-12-10-6-8-15-9-7-11(10)16-13(17-12)14(2,3)4/h15H,5-9H2,1-4H3. The second-order valence-corrected chi connectivity index (χ2v) is 5.71. The number of nitrogens with one attached hydrogen (secondary N) is 1. The molecule has 1 aromatic rings. The van der Waals surface area contributed by atoms with E-state index in [0.717, 1.165) is 43.3 Å². The summed E-state index contributed by atoms with van der Waals surface area (Å²) < 4.78 is 5.72. The van der Waals surface area contributed by atoms with Crippen LogP contribution in [0.5, 0.6) is 5.88 Å². The van der Waals surface area contributed by atoms with E-state index in [1.807, 2.05) is 6.92 Å². The summed E-state index contributed by atoms with van der Waals surface area (Å²) in [6.07, 6.45) is 1.91. The van der Waals surface area contributed by atoms with Crippen molar-refractivity contribution >= 4 is 0 Å². The van der Waals surface area contributed by atoms with Crippen LogP contribution < -0.4 is 10.1 Å². The minimum atomic E-state index is -0.0411. The van der Waals surface area contributed by atoms with E-state index in [1.165, 1.54) is 5.56 Å². The Hall–Kier alpha value is -1.16. The summed E-state index contributed by atoms with van der Waals surface area (Å²) in [6, 6.07) is 0. The Morgan fingerprint density at radius 3 is 2.56 bits per heavy atom. The molecule has 4 nitrogen and oxygen atoms in total. The van der Waals surface area contributed by atoms with Gasteiger partial charge in [-0.15, -0.1) is 0 Å². The highest BCUT2D eigenvalue weighted by atomic mass is 16.5. The van der Waals surface area contributed by atoms with Crippen LogP contribution in [0.15, 0.2) is 0 Å². The number of ether oxygens (including phenoxy) is 1. The predicted molar refractivity (Wildman–Crippen MR) is 72.2 cm³/mol. The maximum atomic E-state index is 5.72. The average molecular weight is 249 g/mol. The predicted octanol–water partition coefficient (Wildman–Crippen LogP) is 1.86. The summed E-state index contributed by atoms with van der Waals surface area (Å²) in [6.45, 7) is 11.0. The summed E-state index contributed by atoms with van der Waals surface area (Å²) in [5.41, 5.74) is 2.30. The fourth-order valence-electron chi connectivity index (χ4n) is 2.10. The van der Waals surface area contributed by atoms with Crippen LogP contribution in [0.1, 0.15) is 44.8 Å². The van der Waals surface area contributed by atoms with Crippen molar-refractivity contribution < 1.29 is 4.74 Å². The van der Waals surface area contributed by atoms with Gasteiger partial charge in [0.25, 0.3) is 0 Å². The third-order valence-electron chi connectivity index (χ3n) is 3.10. The van der Waals surface area contributed by atoms with Crippen molar-refractivity contribution in [3.8, 4) is 5.88 Å². The average Bonchev–Trinajstić information content (AvgIpc) is 2.53. The van der Waals surface area contributed by atoms with Crippen molar-refractivity contribution in [1.29, 1.82) is 0 Å². The molecule has 4 heteroatoms.